The highest BCUT2D eigenvalue weighted by atomic mass is 32.2. The summed E-state index contributed by atoms with van der Waals surface area (Å²) in [5.41, 5.74) is 1.67. The SMILES string of the molecule is O=S(=O)(c1ccc(-c2ccc(S(=O)(=O)N3CCNCC3)cc2)cc1)N1CCNCC1. The second kappa shape index (κ2) is 8.74. The van der Waals surface area contributed by atoms with Gasteiger partial charge in [-0.3, -0.25) is 0 Å². The van der Waals surface area contributed by atoms with Crippen LogP contribution in [0.25, 0.3) is 11.1 Å². The number of nitrogens with one attached hydrogen (secondary N) is 2. The Labute approximate surface area is 178 Å². The maximum Gasteiger partial charge on any atom is 0.243 e. The van der Waals surface area contributed by atoms with Crippen LogP contribution in [0.1, 0.15) is 0 Å². The third kappa shape index (κ3) is 4.29. The molecule has 10 heteroatoms. The summed E-state index contributed by atoms with van der Waals surface area (Å²) in [6, 6.07) is 13.5. The predicted octanol–water partition coefficient (Wildman–Crippen LogP) is 0.541. The summed E-state index contributed by atoms with van der Waals surface area (Å²) in [6.07, 6.45) is 0. The fourth-order valence-corrected chi connectivity index (χ4v) is 6.59. The highest BCUT2D eigenvalue weighted by molar-refractivity contribution is 7.89. The van der Waals surface area contributed by atoms with Crippen molar-refractivity contribution in [3.05, 3.63) is 48.5 Å². The minimum atomic E-state index is -3.50. The Balaban J connectivity index is 1.52. The van der Waals surface area contributed by atoms with Gasteiger partial charge in [0.05, 0.1) is 9.79 Å². The predicted molar refractivity (Wildman–Crippen MR) is 115 cm³/mol. The van der Waals surface area contributed by atoms with Crippen LogP contribution in [0.15, 0.2) is 58.3 Å². The quantitative estimate of drug-likeness (QED) is 0.690. The molecule has 2 aliphatic rings. The van der Waals surface area contributed by atoms with Gasteiger partial charge < -0.3 is 10.6 Å². The van der Waals surface area contributed by atoms with E-state index in [0.717, 1.165) is 11.1 Å². The molecule has 2 saturated heterocycles. The van der Waals surface area contributed by atoms with E-state index in [9.17, 15) is 16.8 Å². The Morgan fingerprint density at radius 3 is 1.13 bits per heavy atom. The van der Waals surface area contributed by atoms with Crippen molar-refractivity contribution in [3.63, 3.8) is 0 Å². The minimum absolute atomic E-state index is 0.269. The third-order valence-corrected chi connectivity index (χ3v) is 9.30. The molecule has 30 heavy (non-hydrogen) atoms. The van der Waals surface area contributed by atoms with Gasteiger partial charge in [-0.15, -0.1) is 0 Å². The molecule has 0 aliphatic carbocycles. The van der Waals surface area contributed by atoms with E-state index < -0.39 is 20.0 Å². The Morgan fingerprint density at radius 1 is 0.533 bits per heavy atom. The van der Waals surface area contributed by atoms with Crippen molar-refractivity contribution in [2.24, 2.45) is 0 Å². The largest absolute Gasteiger partial charge is 0.314 e. The van der Waals surface area contributed by atoms with E-state index >= 15 is 0 Å². The van der Waals surface area contributed by atoms with Gasteiger partial charge in [-0.25, -0.2) is 16.8 Å². The summed E-state index contributed by atoms with van der Waals surface area (Å²) in [6.45, 7) is 4.47. The first kappa shape index (κ1) is 21.4. The van der Waals surface area contributed by atoms with Gasteiger partial charge in [0.1, 0.15) is 0 Å². The lowest BCUT2D eigenvalue weighted by molar-refractivity contribution is 0.360. The van der Waals surface area contributed by atoms with E-state index in [0.29, 0.717) is 52.4 Å². The average molecular weight is 451 g/mol. The fraction of sp³-hybridized carbons (Fsp3) is 0.400. The van der Waals surface area contributed by atoms with Gasteiger partial charge in [-0.1, -0.05) is 24.3 Å². The van der Waals surface area contributed by atoms with Crippen LogP contribution < -0.4 is 10.6 Å². The van der Waals surface area contributed by atoms with E-state index in [2.05, 4.69) is 10.6 Å². The van der Waals surface area contributed by atoms with Gasteiger partial charge in [-0.05, 0) is 35.4 Å². The smallest absolute Gasteiger partial charge is 0.243 e. The number of hydrogen-bond donors (Lipinski definition) is 2. The van der Waals surface area contributed by atoms with Gasteiger partial charge in [-0.2, -0.15) is 8.61 Å². The van der Waals surface area contributed by atoms with Crippen molar-refractivity contribution in [3.8, 4) is 11.1 Å². The second-order valence-electron chi connectivity index (χ2n) is 7.36. The summed E-state index contributed by atoms with van der Waals surface area (Å²) in [4.78, 5) is 0.539. The summed E-state index contributed by atoms with van der Waals surface area (Å²) in [5.74, 6) is 0. The number of hydrogen-bond acceptors (Lipinski definition) is 6. The van der Waals surface area contributed by atoms with Crippen LogP contribution in [-0.4, -0.2) is 77.8 Å². The van der Waals surface area contributed by atoms with Crippen molar-refractivity contribution < 1.29 is 16.8 Å². The molecule has 0 bridgehead atoms. The molecular formula is C20H26N4O4S2. The molecule has 8 nitrogen and oxygen atoms in total. The number of rotatable bonds is 5. The maximum atomic E-state index is 12.8. The lowest BCUT2D eigenvalue weighted by atomic mass is 10.1. The number of piperazine rings is 2. The molecule has 0 saturated carbocycles. The van der Waals surface area contributed by atoms with Gasteiger partial charge in [0.25, 0.3) is 0 Å². The zero-order chi connectivity index (χ0) is 21.2. The fourth-order valence-electron chi connectivity index (χ4n) is 3.71. The monoisotopic (exact) mass is 450 g/mol. The lowest BCUT2D eigenvalue weighted by Gasteiger charge is -2.26. The lowest BCUT2D eigenvalue weighted by Crippen LogP contribution is -2.46. The van der Waals surface area contributed by atoms with E-state index in [1.807, 2.05) is 0 Å². The van der Waals surface area contributed by atoms with Gasteiger partial charge >= 0.3 is 0 Å². The van der Waals surface area contributed by atoms with Crippen LogP contribution >= 0.6 is 0 Å². The molecule has 2 N–H and O–H groups in total. The highest BCUT2D eigenvalue weighted by Crippen LogP contribution is 2.25. The Bertz CT molecular complexity index is 983. The zero-order valence-electron chi connectivity index (χ0n) is 16.6. The van der Waals surface area contributed by atoms with Crippen molar-refractivity contribution in [1.82, 2.24) is 19.2 Å². The topological polar surface area (TPSA) is 98.8 Å². The van der Waals surface area contributed by atoms with Crippen LogP contribution in [0.3, 0.4) is 0 Å². The van der Waals surface area contributed by atoms with Crippen molar-refractivity contribution in [2.75, 3.05) is 52.4 Å². The van der Waals surface area contributed by atoms with Crippen molar-refractivity contribution in [2.45, 2.75) is 9.79 Å². The number of benzene rings is 2. The molecule has 0 aromatic heterocycles. The maximum absolute atomic E-state index is 12.8. The molecule has 0 spiro atoms. The molecule has 162 valence electrons. The van der Waals surface area contributed by atoms with Gasteiger partial charge in [0.15, 0.2) is 0 Å². The van der Waals surface area contributed by atoms with Crippen LogP contribution in [0.4, 0.5) is 0 Å². The standard InChI is InChI=1S/C20H26N4O4S2/c25-29(26,23-13-9-21-10-14-23)19-5-1-17(2-6-19)18-3-7-20(8-4-18)30(27,28)24-15-11-22-12-16-24/h1-8,21-22H,9-16H2. The minimum Gasteiger partial charge on any atom is -0.314 e. The van der Waals surface area contributed by atoms with Crippen molar-refractivity contribution in [1.29, 1.82) is 0 Å². The molecule has 2 aromatic rings. The molecular weight excluding hydrogens is 424 g/mol. The number of sulfonamides is 2. The third-order valence-electron chi connectivity index (χ3n) is 5.47. The molecule has 0 atom stereocenters. The summed E-state index contributed by atoms with van der Waals surface area (Å²) in [5, 5.41) is 6.30. The molecule has 2 aromatic carbocycles. The summed E-state index contributed by atoms with van der Waals surface area (Å²) < 4.78 is 54.0. The van der Waals surface area contributed by atoms with Gasteiger partial charge in [0.2, 0.25) is 20.0 Å². The van der Waals surface area contributed by atoms with E-state index in [4.69, 9.17) is 0 Å². The molecule has 0 unspecified atom stereocenters. The van der Waals surface area contributed by atoms with Crippen LogP contribution in [-0.2, 0) is 20.0 Å². The molecule has 2 aliphatic heterocycles. The van der Waals surface area contributed by atoms with Crippen LogP contribution in [0, 0.1) is 0 Å². The van der Waals surface area contributed by atoms with Crippen molar-refractivity contribution >= 4 is 20.0 Å². The van der Waals surface area contributed by atoms with Crippen LogP contribution in [0.2, 0.25) is 0 Å². The van der Waals surface area contributed by atoms with E-state index in [1.54, 1.807) is 48.5 Å². The molecule has 2 heterocycles. The second-order valence-corrected chi connectivity index (χ2v) is 11.2. The molecule has 0 amide bonds. The van der Waals surface area contributed by atoms with E-state index in [1.165, 1.54) is 8.61 Å². The number of nitrogens with zero attached hydrogens (tertiary/aromatic N) is 2. The average Bonchev–Trinajstić information content (AvgIpc) is 2.80. The molecule has 0 radical (unpaired) electrons. The molecule has 2 fully saturated rings. The normalized spacial score (nSPS) is 19.6. The zero-order valence-corrected chi connectivity index (χ0v) is 18.3. The first-order chi connectivity index (χ1) is 14.4. The first-order valence-corrected chi connectivity index (χ1v) is 12.9. The summed E-state index contributed by atoms with van der Waals surface area (Å²) in [7, 11) is -6.99. The highest BCUT2D eigenvalue weighted by Gasteiger charge is 2.27. The molecule has 4 rings (SSSR count). The van der Waals surface area contributed by atoms with Crippen LogP contribution in [0.5, 0.6) is 0 Å². The Morgan fingerprint density at radius 2 is 0.833 bits per heavy atom. The summed E-state index contributed by atoms with van der Waals surface area (Å²) >= 11 is 0. The Kier molecular flexibility index (Phi) is 6.24. The first-order valence-electron chi connectivity index (χ1n) is 10.0. The van der Waals surface area contributed by atoms with Gasteiger partial charge in [0, 0.05) is 52.4 Å². The Hall–Kier alpha value is -1.82. The van der Waals surface area contributed by atoms with E-state index in [-0.39, 0.29) is 9.79 Å².